The second-order valence-corrected chi connectivity index (χ2v) is 5.88. The van der Waals surface area contributed by atoms with Crippen LogP contribution in [0.4, 0.5) is 5.13 Å². The molecular formula is C14H17N3O2S. The maximum absolute atomic E-state index is 12.0. The van der Waals surface area contributed by atoms with Crippen molar-refractivity contribution < 1.29 is 9.53 Å². The Labute approximate surface area is 121 Å². The van der Waals surface area contributed by atoms with Gasteiger partial charge in [0.1, 0.15) is 5.75 Å². The second kappa shape index (κ2) is 5.38. The highest BCUT2D eigenvalue weighted by molar-refractivity contribution is 7.22. The van der Waals surface area contributed by atoms with E-state index in [-0.39, 0.29) is 11.8 Å². The first-order chi connectivity index (χ1) is 9.71. The molecule has 1 aromatic heterocycles. The Kier molecular flexibility index (Phi) is 3.58. The molecule has 1 aromatic carbocycles. The van der Waals surface area contributed by atoms with Crippen LogP contribution in [-0.4, -0.2) is 30.6 Å². The first-order valence-corrected chi connectivity index (χ1v) is 7.56. The monoisotopic (exact) mass is 291 g/mol. The maximum atomic E-state index is 12.0. The van der Waals surface area contributed by atoms with Crippen LogP contribution in [0.25, 0.3) is 10.2 Å². The van der Waals surface area contributed by atoms with Gasteiger partial charge in [-0.25, -0.2) is 4.98 Å². The summed E-state index contributed by atoms with van der Waals surface area (Å²) in [5.74, 6) is 1.20. The van der Waals surface area contributed by atoms with Gasteiger partial charge in [0, 0.05) is 13.0 Å². The summed E-state index contributed by atoms with van der Waals surface area (Å²) in [6.45, 7) is 3.81. The Balaban J connectivity index is 1.91. The van der Waals surface area contributed by atoms with E-state index < -0.39 is 0 Å². The molecule has 1 unspecified atom stereocenters. The van der Waals surface area contributed by atoms with Crippen LogP contribution in [0.3, 0.4) is 0 Å². The Morgan fingerprint density at radius 1 is 1.55 bits per heavy atom. The van der Waals surface area contributed by atoms with Gasteiger partial charge < -0.3 is 10.5 Å². The highest BCUT2D eigenvalue weighted by Crippen LogP contribution is 2.34. The molecule has 1 aliphatic heterocycles. The standard InChI is InChI=1S/C14H17N3O2S/c1-2-19-10-3-4-11-12(6-10)20-14(16-11)17-8-9(7-15)5-13(17)18/h3-4,6,9H,2,5,7-8,15H2,1H3. The lowest BCUT2D eigenvalue weighted by Gasteiger charge is -2.11. The van der Waals surface area contributed by atoms with E-state index >= 15 is 0 Å². The fourth-order valence-corrected chi connectivity index (χ4v) is 3.41. The molecule has 0 saturated carbocycles. The molecule has 6 heteroatoms. The number of aromatic nitrogens is 1. The van der Waals surface area contributed by atoms with Crippen LogP contribution < -0.4 is 15.4 Å². The molecule has 0 bridgehead atoms. The SMILES string of the molecule is CCOc1ccc2nc(N3CC(CN)CC3=O)sc2c1. The number of carbonyl (C=O) groups is 1. The lowest BCUT2D eigenvalue weighted by atomic mass is 10.1. The Bertz CT molecular complexity index is 640. The van der Waals surface area contributed by atoms with E-state index in [1.807, 2.05) is 25.1 Å². The van der Waals surface area contributed by atoms with Crippen LogP contribution in [-0.2, 0) is 4.79 Å². The number of amides is 1. The number of nitrogens with two attached hydrogens (primary N) is 1. The van der Waals surface area contributed by atoms with Crippen LogP contribution in [0.2, 0.25) is 0 Å². The van der Waals surface area contributed by atoms with Crippen LogP contribution in [0, 0.1) is 5.92 Å². The normalized spacial score (nSPS) is 19.0. The quantitative estimate of drug-likeness (QED) is 0.935. The number of rotatable bonds is 4. The van der Waals surface area contributed by atoms with Gasteiger partial charge in [0.05, 0.1) is 16.8 Å². The molecule has 1 fully saturated rings. The molecule has 1 atom stereocenters. The molecule has 0 spiro atoms. The molecule has 1 aliphatic rings. The van der Waals surface area contributed by atoms with Crippen molar-refractivity contribution in [3.8, 4) is 5.75 Å². The highest BCUT2D eigenvalue weighted by Gasteiger charge is 2.31. The lowest BCUT2D eigenvalue weighted by Crippen LogP contribution is -2.25. The number of ether oxygens (including phenoxy) is 1. The molecular weight excluding hydrogens is 274 g/mol. The van der Waals surface area contributed by atoms with E-state index in [1.165, 1.54) is 11.3 Å². The van der Waals surface area contributed by atoms with Crippen LogP contribution in [0.1, 0.15) is 13.3 Å². The molecule has 3 rings (SSSR count). The Hall–Kier alpha value is -1.66. The molecule has 2 N–H and O–H groups in total. The summed E-state index contributed by atoms with van der Waals surface area (Å²) in [6, 6.07) is 5.81. The molecule has 106 valence electrons. The van der Waals surface area contributed by atoms with Gasteiger partial charge >= 0.3 is 0 Å². The third-order valence-electron chi connectivity index (χ3n) is 3.43. The molecule has 0 aliphatic carbocycles. The molecule has 1 saturated heterocycles. The minimum absolute atomic E-state index is 0.115. The van der Waals surface area contributed by atoms with Crippen molar-refractivity contribution in [1.29, 1.82) is 0 Å². The fourth-order valence-electron chi connectivity index (χ4n) is 2.39. The summed E-state index contributed by atoms with van der Waals surface area (Å²) in [6.07, 6.45) is 0.524. The predicted molar refractivity (Wildman–Crippen MR) is 80.3 cm³/mol. The van der Waals surface area contributed by atoms with Crippen molar-refractivity contribution in [2.45, 2.75) is 13.3 Å². The zero-order chi connectivity index (χ0) is 14.1. The first-order valence-electron chi connectivity index (χ1n) is 6.75. The van der Waals surface area contributed by atoms with Gasteiger partial charge in [-0.1, -0.05) is 11.3 Å². The van der Waals surface area contributed by atoms with E-state index in [4.69, 9.17) is 10.5 Å². The summed E-state index contributed by atoms with van der Waals surface area (Å²) in [5, 5.41) is 0.759. The van der Waals surface area contributed by atoms with Gasteiger partial charge in [0.25, 0.3) is 0 Å². The van der Waals surface area contributed by atoms with Gasteiger partial charge in [0.15, 0.2) is 5.13 Å². The smallest absolute Gasteiger partial charge is 0.229 e. The van der Waals surface area contributed by atoms with Crippen LogP contribution in [0.5, 0.6) is 5.75 Å². The molecule has 5 nitrogen and oxygen atoms in total. The minimum Gasteiger partial charge on any atom is -0.494 e. The van der Waals surface area contributed by atoms with E-state index in [0.717, 1.165) is 21.1 Å². The van der Waals surface area contributed by atoms with Gasteiger partial charge in [-0.2, -0.15) is 0 Å². The fraction of sp³-hybridized carbons (Fsp3) is 0.429. The molecule has 1 amide bonds. The topological polar surface area (TPSA) is 68.4 Å². The van der Waals surface area contributed by atoms with Gasteiger partial charge in [0.2, 0.25) is 5.91 Å². The number of nitrogens with zero attached hydrogens (tertiary/aromatic N) is 2. The zero-order valence-corrected chi connectivity index (χ0v) is 12.2. The van der Waals surface area contributed by atoms with Crippen molar-refractivity contribution >= 4 is 32.6 Å². The van der Waals surface area contributed by atoms with Crippen LogP contribution in [0.15, 0.2) is 18.2 Å². The number of hydrogen-bond acceptors (Lipinski definition) is 5. The summed E-state index contributed by atoms with van der Waals surface area (Å²) >= 11 is 1.52. The molecule has 20 heavy (non-hydrogen) atoms. The molecule has 0 radical (unpaired) electrons. The van der Waals surface area contributed by atoms with Crippen LogP contribution >= 0.6 is 11.3 Å². The van der Waals surface area contributed by atoms with E-state index in [1.54, 1.807) is 4.90 Å². The Morgan fingerprint density at radius 3 is 3.10 bits per heavy atom. The molecule has 2 aromatic rings. The summed E-state index contributed by atoms with van der Waals surface area (Å²) < 4.78 is 6.52. The largest absolute Gasteiger partial charge is 0.494 e. The number of hydrogen-bond donors (Lipinski definition) is 1. The zero-order valence-electron chi connectivity index (χ0n) is 11.3. The summed E-state index contributed by atoms with van der Waals surface area (Å²) in [5.41, 5.74) is 6.55. The van der Waals surface area contributed by atoms with Crippen molar-refractivity contribution in [3.63, 3.8) is 0 Å². The first kappa shape index (κ1) is 13.3. The van der Waals surface area contributed by atoms with Crippen molar-refractivity contribution in [3.05, 3.63) is 18.2 Å². The number of carbonyl (C=O) groups excluding carboxylic acids is 1. The molecule has 2 heterocycles. The van der Waals surface area contributed by atoms with Crippen molar-refractivity contribution in [2.75, 3.05) is 24.6 Å². The van der Waals surface area contributed by atoms with E-state index in [2.05, 4.69) is 4.98 Å². The lowest BCUT2D eigenvalue weighted by molar-refractivity contribution is -0.117. The number of thiazole rings is 1. The minimum atomic E-state index is 0.115. The van der Waals surface area contributed by atoms with Gasteiger partial charge in [-0.3, -0.25) is 9.69 Å². The third kappa shape index (κ3) is 2.36. The van der Waals surface area contributed by atoms with Gasteiger partial charge in [-0.05, 0) is 37.6 Å². The van der Waals surface area contributed by atoms with E-state index in [9.17, 15) is 4.79 Å². The Morgan fingerprint density at radius 2 is 2.40 bits per heavy atom. The number of fused-ring (bicyclic) bond motifs is 1. The van der Waals surface area contributed by atoms with Crippen molar-refractivity contribution in [1.82, 2.24) is 4.98 Å². The van der Waals surface area contributed by atoms with E-state index in [0.29, 0.717) is 26.1 Å². The van der Waals surface area contributed by atoms with Gasteiger partial charge in [-0.15, -0.1) is 0 Å². The van der Waals surface area contributed by atoms with Crippen molar-refractivity contribution in [2.24, 2.45) is 11.7 Å². The maximum Gasteiger partial charge on any atom is 0.229 e. The predicted octanol–water partition coefficient (Wildman–Crippen LogP) is 2.01. The number of anilines is 1. The highest BCUT2D eigenvalue weighted by atomic mass is 32.1. The number of benzene rings is 1. The summed E-state index contributed by atoms with van der Waals surface area (Å²) in [4.78, 5) is 18.3. The average Bonchev–Trinajstić information content (AvgIpc) is 3.01. The summed E-state index contributed by atoms with van der Waals surface area (Å²) in [7, 11) is 0. The third-order valence-corrected chi connectivity index (χ3v) is 4.47. The average molecular weight is 291 g/mol. The second-order valence-electron chi connectivity index (χ2n) is 4.87.